The van der Waals surface area contributed by atoms with Crippen LogP contribution in [0.25, 0.3) is 0 Å². The van der Waals surface area contributed by atoms with Gasteiger partial charge in [0.2, 0.25) is 0 Å². The second-order valence-corrected chi connectivity index (χ2v) is 6.74. The van der Waals surface area contributed by atoms with E-state index in [9.17, 15) is 52.7 Å². The molecule has 0 unspecified atom stereocenters. The molecule has 0 aromatic heterocycles. The van der Waals surface area contributed by atoms with Crippen LogP contribution in [0.5, 0.6) is 0 Å². The molecule has 0 fully saturated rings. The molecule has 0 aromatic carbocycles. The fourth-order valence-electron chi connectivity index (χ4n) is 1.23. The molecule has 0 rings (SSSR count). The van der Waals surface area contributed by atoms with Gasteiger partial charge in [0.05, 0.1) is 12.5 Å². The Balaban J connectivity index is 5.99. The molecule has 0 aliphatic heterocycles. The molecular weight excluding hydrogens is 368 g/mol. The van der Waals surface area contributed by atoms with E-state index in [0.29, 0.717) is 0 Å². The van der Waals surface area contributed by atoms with Crippen LogP contribution in [0.15, 0.2) is 0 Å². The molecule has 134 valence electrons. The van der Waals surface area contributed by atoms with E-state index >= 15 is 0 Å². The van der Waals surface area contributed by atoms with Crippen LogP contribution in [0.4, 0.5) is 52.7 Å². The Labute approximate surface area is 119 Å². The average Bonchev–Trinajstić information content (AvgIpc) is 2.25. The highest BCUT2D eigenvalue weighted by molar-refractivity contribution is 7.95. The number of alkyl halides is 12. The summed E-state index contributed by atoms with van der Waals surface area (Å²) in [6.07, 6.45) is -3.73. The Kier molecular flexibility index (Phi) is 5.73. The van der Waals surface area contributed by atoms with Gasteiger partial charge in [-0.3, -0.25) is 0 Å². The standard InChI is InChI=1S/C9H9F12S/c1-22(2)3-5(12,13)7(16,17)9(20,21)8(18,19)6(14,15)4(10)11/h4H,3H2,1-2H3/q+1. The zero-order chi connectivity index (χ0) is 18.4. The van der Waals surface area contributed by atoms with Crippen LogP contribution in [0, 0.1) is 0 Å². The summed E-state index contributed by atoms with van der Waals surface area (Å²) in [6, 6.07) is 0. The zero-order valence-electron chi connectivity index (χ0n) is 10.7. The number of rotatable bonds is 7. The van der Waals surface area contributed by atoms with E-state index in [1.165, 1.54) is 0 Å². The zero-order valence-corrected chi connectivity index (χ0v) is 11.5. The summed E-state index contributed by atoms with van der Waals surface area (Å²) >= 11 is 0. The van der Waals surface area contributed by atoms with E-state index in [1.54, 1.807) is 0 Å². The number of halogens is 12. The van der Waals surface area contributed by atoms with E-state index in [4.69, 9.17) is 0 Å². The maximum absolute atomic E-state index is 13.1. The normalized spacial score (nSPS) is 15.8. The summed E-state index contributed by atoms with van der Waals surface area (Å²) < 4.78 is 152. The summed E-state index contributed by atoms with van der Waals surface area (Å²) in [6.45, 7) is 0. The topological polar surface area (TPSA) is 0 Å². The van der Waals surface area contributed by atoms with Gasteiger partial charge in [0.1, 0.15) is 0 Å². The third kappa shape index (κ3) is 3.09. The van der Waals surface area contributed by atoms with Gasteiger partial charge in [-0.2, -0.15) is 43.9 Å². The van der Waals surface area contributed by atoms with E-state index in [2.05, 4.69) is 0 Å². The maximum Gasteiger partial charge on any atom is 0.384 e. The van der Waals surface area contributed by atoms with Crippen molar-refractivity contribution in [2.75, 3.05) is 18.3 Å². The largest absolute Gasteiger partial charge is 0.384 e. The van der Waals surface area contributed by atoms with E-state index in [1.807, 2.05) is 0 Å². The van der Waals surface area contributed by atoms with Crippen molar-refractivity contribution in [1.29, 1.82) is 0 Å². The quantitative estimate of drug-likeness (QED) is 0.458. The van der Waals surface area contributed by atoms with Gasteiger partial charge in [0.15, 0.2) is 5.75 Å². The Hall–Kier alpha value is -0.490. The first kappa shape index (κ1) is 21.5. The third-order valence-electron chi connectivity index (χ3n) is 2.41. The molecule has 22 heavy (non-hydrogen) atoms. The molecule has 0 spiro atoms. The molecule has 0 saturated heterocycles. The molecule has 0 heterocycles. The fraction of sp³-hybridized carbons (Fsp3) is 1.00. The first-order valence-electron chi connectivity index (χ1n) is 5.07. The lowest BCUT2D eigenvalue weighted by atomic mass is 9.95. The highest BCUT2D eigenvalue weighted by Crippen LogP contribution is 2.58. The lowest BCUT2D eigenvalue weighted by Gasteiger charge is -2.38. The molecule has 0 aromatic rings. The SMILES string of the molecule is C[S+](C)CC(F)(F)C(F)(F)C(F)(F)C(F)(F)C(F)(F)C(F)F. The Bertz CT molecular complexity index is 388. The summed E-state index contributed by atoms with van der Waals surface area (Å²) in [5, 5.41) is 0. The van der Waals surface area contributed by atoms with Crippen molar-refractivity contribution in [2.45, 2.75) is 36.0 Å². The predicted molar refractivity (Wildman–Crippen MR) is 54.8 cm³/mol. The minimum atomic E-state index is -7.41. The molecule has 0 nitrogen and oxygen atoms in total. The Morgan fingerprint density at radius 3 is 1.32 bits per heavy atom. The highest BCUT2D eigenvalue weighted by Gasteiger charge is 2.88. The molecule has 0 bridgehead atoms. The number of hydrogen-bond acceptors (Lipinski definition) is 0. The first-order chi connectivity index (χ1) is 9.36. The molecular formula is C9H9F12S+. The summed E-state index contributed by atoms with van der Waals surface area (Å²) in [5.74, 6) is -36.6. The minimum Gasteiger partial charge on any atom is -0.203 e. The second-order valence-electron chi connectivity index (χ2n) is 4.48. The van der Waals surface area contributed by atoms with Crippen molar-refractivity contribution in [3.63, 3.8) is 0 Å². The van der Waals surface area contributed by atoms with Crippen LogP contribution in [-0.4, -0.2) is 54.3 Å². The van der Waals surface area contributed by atoms with Crippen LogP contribution in [-0.2, 0) is 10.9 Å². The molecule has 0 saturated carbocycles. The summed E-state index contributed by atoms with van der Waals surface area (Å²) in [7, 11) is -1.67. The molecule has 0 N–H and O–H groups in total. The van der Waals surface area contributed by atoms with Crippen LogP contribution >= 0.6 is 0 Å². The van der Waals surface area contributed by atoms with Crippen molar-refractivity contribution in [1.82, 2.24) is 0 Å². The Morgan fingerprint density at radius 2 is 1.05 bits per heavy atom. The van der Waals surface area contributed by atoms with Crippen LogP contribution in [0.1, 0.15) is 0 Å². The average molecular weight is 377 g/mol. The molecule has 13 heteroatoms. The van der Waals surface area contributed by atoms with E-state index in [0.717, 1.165) is 12.5 Å². The van der Waals surface area contributed by atoms with Gasteiger partial charge in [-0.05, 0) is 10.9 Å². The molecule has 0 radical (unpaired) electrons. The summed E-state index contributed by atoms with van der Waals surface area (Å²) in [5.41, 5.74) is 0. The van der Waals surface area contributed by atoms with E-state index in [-0.39, 0.29) is 0 Å². The molecule has 0 aliphatic carbocycles. The van der Waals surface area contributed by atoms with Gasteiger partial charge in [-0.25, -0.2) is 8.78 Å². The lowest BCUT2D eigenvalue weighted by molar-refractivity contribution is -0.409. The van der Waals surface area contributed by atoms with Crippen molar-refractivity contribution in [3.8, 4) is 0 Å². The van der Waals surface area contributed by atoms with Gasteiger partial charge in [-0.1, -0.05) is 0 Å². The van der Waals surface area contributed by atoms with Crippen molar-refractivity contribution in [2.24, 2.45) is 0 Å². The molecule has 0 atom stereocenters. The first-order valence-corrected chi connectivity index (χ1v) is 7.28. The van der Waals surface area contributed by atoms with Gasteiger partial charge in [-0.15, -0.1) is 0 Å². The Morgan fingerprint density at radius 1 is 0.682 bits per heavy atom. The van der Waals surface area contributed by atoms with Gasteiger partial charge < -0.3 is 0 Å². The van der Waals surface area contributed by atoms with Gasteiger partial charge in [0.25, 0.3) is 0 Å². The minimum absolute atomic E-state index is 0.869. The predicted octanol–water partition coefficient (Wildman–Crippen LogP) is 4.31. The lowest BCUT2D eigenvalue weighted by Crippen LogP contribution is -2.69. The van der Waals surface area contributed by atoms with E-state index < -0.39 is 52.7 Å². The van der Waals surface area contributed by atoms with Crippen molar-refractivity contribution >= 4 is 10.9 Å². The second kappa shape index (κ2) is 5.86. The fourth-order valence-corrected chi connectivity index (χ4v) is 2.13. The van der Waals surface area contributed by atoms with Crippen LogP contribution in [0.3, 0.4) is 0 Å². The smallest absolute Gasteiger partial charge is 0.203 e. The van der Waals surface area contributed by atoms with Crippen molar-refractivity contribution < 1.29 is 52.7 Å². The van der Waals surface area contributed by atoms with Gasteiger partial charge >= 0.3 is 36.0 Å². The molecule has 0 amide bonds. The van der Waals surface area contributed by atoms with Crippen LogP contribution in [0.2, 0.25) is 0 Å². The van der Waals surface area contributed by atoms with Gasteiger partial charge in [0, 0.05) is 0 Å². The number of hydrogen-bond donors (Lipinski definition) is 0. The van der Waals surface area contributed by atoms with Crippen molar-refractivity contribution in [3.05, 3.63) is 0 Å². The molecule has 0 aliphatic rings. The third-order valence-corrected chi connectivity index (χ3v) is 3.35. The van der Waals surface area contributed by atoms with Crippen LogP contribution < -0.4 is 0 Å². The highest BCUT2D eigenvalue weighted by atomic mass is 32.2. The monoisotopic (exact) mass is 377 g/mol. The maximum atomic E-state index is 13.1. The summed E-state index contributed by atoms with van der Waals surface area (Å²) in [4.78, 5) is 0.